The Morgan fingerprint density at radius 3 is 1.43 bits per heavy atom. The number of hydrogen-bond donors (Lipinski definition) is 0. The Balaban J connectivity index is 3.41. The van der Waals surface area contributed by atoms with E-state index >= 15 is 0 Å². The minimum atomic E-state index is -0.766. The molecule has 74 valence electrons. The Labute approximate surface area is 87.3 Å². The van der Waals surface area contributed by atoms with Crippen molar-refractivity contribution in [3.63, 3.8) is 0 Å². The summed E-state index contributed by atoms with van der Waals surface area (Å²) in [6.07, 6.45) is 0. The van der Waals surface area contributed by atoms with E-state index in [0.29, 0.717) is 0 Å². The highest BCUT2D eigenvalue weighted by Crippen LogP contribution is 2.37. The monoisotopic (exact) mass is 236 g/mol. The van der Waals surface area contributed by atoms with Crippen LogP contribution in [0, 0.1) is 20.2 Å². The van der Waals surface area contributed by atoms with Gasteiger partial charge in [0.2, 0.25) is 0 Å². The van der Waals surface area contributed by atoms with Crippen LogP contribution < -0.4 is 0 Å². The second-order valence-corrected chi connectivity index (χ2v) is 3.00. The molecule has 0 unspecified atom stereocenters. The van der Waals surface area contributed by atoms with Gasteiger partial charge in [0.25, 0.3) is 11.4 Å². The third-order valence-electron chi connectivity index (χ3n) is 1.43. The van der Waals surface area contributed by atoms with Gasteiger partial charge in [-0.25, -0.2) is 0 Å². The lowest BCUT2D eigenvalue weighted by Crippen LogP contribution is -1.93. The van der Waals surface area contributed by atoms with Gasteiger partial charge in [-0.1, -0.05) is 23.2 Å². The summed E-state index contributed by atoms with van der Waals surface area (Å²) in [5, 5.41) is 19.8. The van der Waals surface area contributed by atoms with E-state index in [9.17, 15) is 20.2 Å². The van der Waals surface area contributed by atoms with E-state index in [0.717, 1.165) is 12.1 Å². The quantitative estimate of drug-likeness (QED) is 0.584. The number of halogens is 2. The molecule has 0 saturated carbocycles. The summed E-state index contributed by atoms with van der Waals surface area (Å²) >= 11 is 10.9. The van der Waals surface area contributed by atoms with E-state index in [4.69, 9.17) is 23.2 Å². The molecule has 0 N–H and O–H groups in total. The first-order chi connectivity index (χ1) is 6.45. The summed E-state index contributed by atoms with van der Waals surface area (Å²) in [6, 6.07) is 1.87. The average Bonchev–Trinajstić information content (AvgIpc) is 2.08. The van der Waals surface area contributed by atoms with Crippen LogP contribution in [0.4, 0.5) is 11.4 Å². The molecule has 0 atom stereocenters. The molecular formula is C6H2Cl2N2O4. The number of benzene rings is 1. The molecule has 0 spiro atoms. The molecule has 0 saturated heterocycles. The molecule has 0 aliphatic carbocycles. The molecule has 0 aromatic heterocycles. The lowest BCUT2D eigenvalue weighted by Gasteiger charge is -1.98. The third kappa shape index (κ3) is 1.75. The van der Waals surface area contributed by atoms with Crippen LogP contribution in [0.15, 0.2) is 12.1 Å². The largest absolute Gasteiger partial charge is 0.289 e. The molecule has 0 aliphatic rings. The Morgan fingerprint density at radius 2 is 1.21 bits per heavy atom. The minimum Gasteiger partial charge on any atom is -0.258 e. The second-order valence-electron chi connectivity index (χ2n) is 2.25. The molecule has 0 bridgehead atoms. The van der Waals surface area contributed by atoms with Gasteiger partial charge in [0.05, 0.1) is 9.85 Å². The van der Waals surface area contributed by atoms with E-state index in [1.165, 1.54) is 0 Å². The fourth-order valence-corrected chi connectivity index (χ4v) is 1.27. The van der Waals surface area contributed by atoms with Crippen molar-refractivity contribution in [2.75, 3.05) is 0 Å². The summed E-state index contributed by atoms with van der Waals surface area (Å²) in [4.78, 5) is 19.2. The van der Waals surface area contributed by atoms with Gasteiger partial charge in [0.15, 0.2) is 0 Å². The highest BCUT2D eigenvalue weighted by atomic mass is 35.5. The first-order valence-electron chi connectivity index (χ1n) is 3.22. The van der Waals surface area contributed by atoms with E-state index in [-0.39, 0.29) is 0 Å². The fraction of sp³-hybridized carbons (Fsp3) is 0. The molecule has 0 aliphatic heterocycles. The van der Waals surface area contributed by atoms with E-state index < -0.39 is 31.3 Å². The van der Waals surface area contributed by atoms with Crippen molar-refractivity contribution in [1.29, 1.82) is 0 Å². The molecule has 0 fully saturated rings. The Kier molecular flexibility index (Phi) is 2.87. The maximum atomic E-state index is 10.3. The first kappa shape index (κ1) is 10.7. The summed E-state index contributed by atoms with van der Waals surface area (Å²) < 4.78 is 0. The van der Waals surface area contributed by atoms with Gasteiger partial charge in [0, 0.05) is 12.1 Å². The zero-order valence-electron chi connectivity index (χ0n) is 6.44. The summed E-state index contributed by atoms with van der Waals surface area (Å²) in [6.45, 7) is 0. The van der Waals surface area contributed by atoms with Crippen molar-refractivity contribution >= 4 is 34.6 Å². The van der Waals surface area contributed by atoms with Crippen LogP contribution in [-0.2, 0) is 0 Å². The van der Waals surface area contributed by atoms with Crippen LogP contribution in [0.3, 0.4) is 0 Å². The molecule has 1 aromatic rings. The lowest BCUT2D eigenvalue weighted by atomic mass is 10.3. The highest BCUT2D eigenvalue weighted by Gasteiger charge is 2.23. The van der Waals surface area contributed by atoms with Crippen LogP contribution in [0.1, 0.15) is 0 Å². The minimum absolute atomic E-state index is 0.425. The van der Waals surface area contributed by atoms with Gasteiger partial charge in [-0.15, -0.1) is 0 Å². The maximum absolute atomic E-state index is 10.3. The average molecular weight is 237 g/mol. The Morgan fingerprint density at radius 1 is 0.929 bits per heavy atom. The molecule has 6 nitrogen and oxygen atoms in total. The smallest absolute Gasteiger partial charge is 0.258 e. The first-order valence-corrected chi connectivity index (χ1v) is 3.97. The third-order valence-corrected chi connectivity index (χ3v) is 2.30. The SMILES string of the molecule is O=[N+]([O-])c1ccc([N+](=O)[O-])c(Cl)c1Cl. The molecule has 1 aromatic carbocycles. The van der Waals surface area contributed by atoms with Gasteiger partial charge in [-0.2, -0.15) is 0 Å². The summed E-state index contributed by atoms with van der Waals surface area (Å²) in [5.41, 5.74) is -0.912. The van der Waals surface area contributed by atoms with Gasteiger partial charge < -0.3 is 0 Å². The number of nitro benzene ring substituents is 2. The number of nitro groups is 2. The van der Waals surface area contributed by atoms with Crippen molar-refractivity contribution < 1.29 is 9.85 Å². The van der Waals surface area contributed by atoms with Crippen molar-refractivity contribution in [1.82, 2.24) is 0 Å². The molecule has 0 heterocycles. The molecule has 0 radical (unpaired) electrons. The van der Waals surface area contributed by atoms with Gasteiger partial charge >= 0.3 is 0 Å². The standard InChI is InChI=1S/C6H2Cl2N2O4/c7-5-3(9(11)12)1-2-4(6(5)8)10(13)14/h1-2H. The van der Waals surface area contributed by atoms with E-state index in [1.54, 1.807) is 0 Å². The van der Waals surface area contributed by atoms with Crippen LogP contribution >= 0.6 is 23.2 Å². The van der Waals surface area contributed by atoms with Crippen LogP contribution in [0.25, 0.3) is 0 Å². The van der Waals surface area contributed by atoms with Crippen LogP contribution in [-0.4, -0.2) is 9.85 Å². The fourth-order valence-electron chi connectivity index (χ4n) is 0.811. The normalized spacial score (nSPS) is 9.86. The Bertz CT molecular complexity index is 382. The van der Waals surface area contributed by atoms with Crippen LogP contribution in [0.2, 0.25) is 10.0 Å². The van der Waals surface area contributed by atoms with Gasteiger partial charge in [-0.05, 0) is 0 Å². The lowest BCUT2D eigenvalue weighted by molar-refractivity contribution is -0.388. The van der Waals surface area contributed by atoms with Crippen molar-refractivity contribution in [2.45, 2.75) is 0 Å². The second kappa shape index (κ2) is 3.77. The molecule has 8 heteroatoms. The van der Waals surface area contributed by atoms with Gasteiger partial charge in [-0.3, -0.25) is 20.2 Å². The molecule has 14 heavy (non-hydrogen) atoms. The zero-order chi connectivity index (χ0) is 10.9. The van der Waals surface area contributed by atoms with E-state index in [2.05, 4.69) is 0 Å². The zero-order valence-corrected chi connectivity index (χ0v) is 7.95. The number of rotatable bonds is 2. The maximum Gasteiger partial charge on any atom is 0.289 e. The van der Waals surface area contributed by atoms with Crippen molar-refractivity contribution in [3.8, 4) is 0 Å². The summed E-state index contributed by atoms with van der Waals surface area (Å²) in [7, 11) is 0. The van der Waals surface area contributed by atoms with Crippen molar-refractivity contribution in [2.24, 2.45) is 0 Å². The Hall–Kier alpha value is -1.40. The molecular weight excluding hydrogens is 235 g/mol. The molecule has 0 amide bonds. The highest BCUT2D eigenvalue weighted by molar-refractivity contribution is 6.44. The molecule has 1 rings (SSSR count). The number of nitrogens with zero attached hydrogens (tertiary/aromatic N) is 2. The van der Waals surface area contributed by atoms with E-state index in [1.807, 2.05) is 0 Å². The van der Waals surface area contributed by atoms with Crippen LogP contribution in [0.5, 0.6) is 0 Å². The van der Waals surface area contributed by atoms with Crippen molar-refractivity contribution in [3.05, 3.63) is 42.4 Å². The predicted molar refractivity (Wildman–Crippen MR) is 49.8 cm³/mol. The topological polar surface area (TPSA) is 86.3 Å². The van der Waals surface area contributed by atoms with Gasteiger partial charge in [0.1, 0.15) is 10.0 Å². The predicted octanol–water partition coefficient (Wildman–Crippen LogP) is 2.81. The number of hydrogen-bond acceptors (Lipinski definition) is 4. The summed E-state index contributed by atoms with van der Waals surface area (Å²) in [5.74, 6) is 0.